The molecule has 0 aromatic rings. The Balaban J connectivity index is 3.28. The normalized spacial score (nSPS) is 12.0. The van der Waals surface area contributed by atoms with Crippen LogP contribution in [0.5, 0.6) is 0 Å². The van der Waals surface area contributed by atoms with Gasteiger partial charge < -0.3 is 10.4 Å². The molecule has 0 aromatic heterocycles. The lowest BCUT2D eigenvalue weighted by Crippen LogP contribution is -2.43. The monoisotopic (exact) mass is 146 g/mol. The van der Waals surface area contributed by atoms with Crippen molar-refractivity contribution in [1.82, 2.24) is 5.32 Å². The van der Waals surface area contributed by atoms with E-state index in [0.717, 1.165) is 0 Å². The Morgan fingerprint density at radius 1 is 1.50 bits per heavy atom. The molecule has 0 aliphatic carbocycles. The van der Waals surface area contributed by atoms with Gasteiger partial charge in [-0.05, 0) is 26.8 Å². The van der Waals surface area contributed by atoms with Gasteiger partial charge >= 0.3 is 0 Å². The van der Waals surface area contributed by atoms with E-state index in [2.05, 4.69) is 5.32 Å². The first-order valence-electron chi connectivity index (χ1n) is 3.56. The van der Waals surface area contributed by atoms with Crippen molar-refractivity contribution in [3.8, 4) is 0 Å². The number of aliphatic hydroxyl groups excluding tert-OH is 1. The van der Waals surface area contributed by atoms with Gasteiger partial charge in [-0.25, -0.2) is 5.11 Å². The van der Waals surface area contributed by atoms with Gasteiger partial charge in [0.25, 0.3) is 0 Å². The second-order valence-electron chi connectivity index (χ2n) is 3.03. The zero-order chi connectivity index (χ0) is 8.04. The van der Waals surface area contributed by atoms with Crippen molar-refractivity contribution in [2.24, 2.45) is 0 Å². The molecular weight excluding hydrogens is 130 g/mol. The highest BCUT2D eigenvalue weighted by Gasteiger charge is 2.13. The second kappa shape index (κ2) is 4.66. The summed E-state index contributed by atoms with van der Waals surface area (Å²) in [4.78, 5) is 0. The third-order valence-electron chi connectivity index (χ3n) is 1.32. The summed E-state index contributed by atoms with van der Waals surface area (Å²) >= 11 is 0. The standard InChI is InChI=1S/C7H16NO2/c1-7(2,6-10)8-4-3-5-9/h8,10H,3-6H2,1-2H3. The van der Waals surface area contributed by atoms with Crippen LogP contribution in [-0.4, -0.2) is 30.4 Å². The minimum Gasteiger partial charge on any atom is -0.394 e. The maximum atomic E-state index is 10.0. The molecule has 0 unspecified atom stereocenters. The number of nitrogens with one attached hydrogen (secondary N) is 1. The number of hydrogen-bond acceptors (Lipinski definition) is 2. The lowest BCUT2D eigenvalue weighted by Gasteiger charge is -2.22. The van der Waals surface area contributed by atoms with Crippen LogP contribution < -0.4 is 5.32 Å². The summed E-state index contributed by atoms with van der Waals surface area (Å²) in [6, 6.07) is 0. The molecule has 0 rings (SSSR count). The highest BCUT2D eigenvalue weighted by Crippen LogP contribution is 1.98. The van der Waals surface area contributed by atoms with E-state index in [1.165, 1.54) is 0 Å². The Hall–Kier alpha value is -0.120. The van der Waals surface area contributed by atoms with Gasteiger partial charge in [0.2, 0.25) is 0 Å². The quantitative estimate of drug-likeness (QED) is 0.543. The van der Waals surface area contributed by atoms with Gasteiger partial charge in [-0.2, -0.15) is 0 Å². The highest BCUT2D eigenvalue weighted by molar-refractivity contribution is 4.75. The molecule has 0 saturated heterocycles. The fourth-order valence-electron chi connectivity index (χ4n) is 0.555. The maximum Gasteiger partial charge on any atom is 0.0834 e. The van der Waals surface area contributed by atoms with E-state index in [1.807, 2.05) is 13.8 Å². The lowest BCUT2D eigenvalue weighted by molar-refractivity contribution is 0.166. The summed E-state index contributed by atoms with van der Waals surface area (Å²) < 4.78 is 0. The molecule has 0 aliphatic rings. The molecule has 3 nitrogen and oxygen atoms in total. The molecule has 0 fully saturated rings. The first-order valence-corrected chi connectivity index (χ1v) is 3.56. The molecule has 0 amide bonds. The Morgan fingerprint density at radius 2 is 2.10 bits per heavy atom. The van der Waals surface area contributed by atoms with Crippen molar-refractivity contribution < 1.29 is 10.2 Å². The van der Waals surface area contributed by atoms with Gasteiger partial charge in [-0.1, -0.05) is 0 Å². The van der Waals surface area contributed by atoms with E-state index in [0.29, 0.717) is 13.0 Å². The van der Waals surface area contributed by atoms with Crippen LogP contribution in [0.4, 0.5) is 0 Å². The van der Waals surface area contributed by atoms with Crippen molar-refractivity contribution >= 4 is 0 Å². The summed E-state index contributed by atoms with van der Waals surface area (Å²) in [6.45, 7) is 4.55. The van der Waals surface area contributed by atoms with Gasteiger partial charge in [0.15, 0.2) is 0 Å². The van der Waals surface area contributed by atoms with Gasteiger partial charge in [0, 0.05) is 5.54 Å². The Kier molecular flexibility index (Phi) is 4.60. The van der Waals surface area contributed by atoms with Gasteiger partial charge in [-0.15, -0.1) is 0 Å². The van der Waals surface area contributed by atoms with Crippen molar-refractivity contribution in [3.63, 3.8) is 0 Å². The molecule has 0 aromatic carbocycles. The molecule has 10 heavy (non-hydrogen) atoms. The predicted octanol–water partition coefficient (Wildman–Crippen LogP) is 0.167. The third-order valence-corrected chi connectivity index (χ3v) is 1.32. The number of rotatable bonds is 5. The fourth-order valence-corrected chi connectivity index (χ4v) is 0.555. The Labute approximate surface area is 62.1 Å². The SMILES string of the molecule is CC(C)(CO)NCCC[O]. The molecule has 1 radical (unpaired) electrons. The molecule has 0 saturated carbocycles. The fraction of sp³-hybridized carbons (Fsp3) is 1.00. The number of hydrogen-bond donors (Lipinski definition) is 2. The maximum absolute atomic E-state index is 10.0. The average Bonchev–Trinajstić information content (AvgIpc) is 1.89. The van der Waals surface area contributed by atoms with E-state index in [1.54, 1.807) is 0 Å². The summed E-state index contributed by atoms with van der Waals surface area (Å²) in [5, 5.41) is 21.8. The topological polar surface area (TPSA) is 52.2 Å². The molecule has 2 N–H and O–H groups in total. The zero-order valence-corrected chi connectivity index (χ0v) is 6.68. The van der Waals surface area contributed by atoms with Crippen LogP contribution >= 0.6 is 0 Å². The third kappa shape index (κ3) is 4.73. The van der Waals surface area contributed by atoms with Gasteiger partial charge in [0.1, 0.15) is 0 Å². The van der Waals surface area contributed by atoms with Crippen molar-refractivity contribution in [3.05, 3.63) is 0 Å². The van der Waals surface area contributed by atoms with Gasteiger partial charge in [-0.3, -0.25) is 0 Å². The zero-order valence-electron chi connectivity index (χ0n) is 6.68. The van der Waals surface area contributed by atoms with Crippen LogP contribution in [0, 0.1) is 0 Å². The Bertz CT molecular complexity index is 83.7. The Morgan fingerprint density at radius 3 is 2.50 bits per heavy atom. The van der Waals surface area contributed by atoms with Crippen LogP contribution in [0.3, 0.4) is 0 Å². The number of aliphatic hydroxyl groups is 1. The van der Waals surface area contributed by atoms with E-state index < -0.39 is 0 Å². The minimum absolute atomic E-state index is 0.0471. The molecule has 0 bridgehead atoms. The minimum atomic E-state index is -0.241. The highest BCUT2D eigenvalue weighted by atomic mass is 16.3. The molecular formula is C7H16NO2. The van der Waals surface area contributed by atoms with Crippen LogP contribution in [0.2, 0.25) is 0 Å². The predicted molar refractivity (Wildman–Crippen MR) is 39.3 cm³/mol. The van der Waals surface area contributed by atoms with Crippen LogP contribution in [-0.2, 0) is 5.11 Å². The molecule has 0 heterocycles. The molecule has 0 spiro atoms. The first kappa shape index (κ1) is 9.88. The summed E-state index contributed by atoms with van der Waals surface area (Å²) in [5.41, 5.74) is -0.241. The van der Waals surface area contributed by atoms with Crippen LogP contribution in [0.15, 0.2) is 0 Å². The van der Waals surface area contributed by atoms with Crippen molar-refractivity contribution in [1.29, 1.82) is 0 Å². The van der Waals surface area contributed by atoms with Crippen molar-refractivity contribution in [2.75, 3.05) is 19.8 Å². The summed E-state index contributed by atoms with van der Waals surface area (Å²) in [6.07, 6.45) is 0.628. The van der Waals surface area contributed by atoms with E-state index in [9.17, 15) is 5.11 Å². The van der Waals surface area contributed by atoms with Crippen LogP contribution in [0.25, 0.3) is 0 Å². The first-order chi connectivity index (χ1) is 4.62. The summed E-state index contributed by atoms with van der Waals surface area (Å²) in [7, 11) is 0. The lowest BCUT2D eigenvalue weighted by atomic mass is 10.1. The van der Waals surface area contributed by atoms with E-state index >= 15 is 0 Å². The summed E-state index contributed by atoms with van der Waals surface area (Å²) in [5.74, 6) is 0. The molecule has 0 atom stereocenters. The van der Waals surface area contributed by atoms with Gasteiger partial charge in [0.05, 0.1) is 13.2 Å². The molecule has 61 valence electrons. The second-order valence-corrected chi connectivity index (χ2v) is 3.03. The van der Waals surface area contributed by atoms with Crippen LogP contribution in [0.1, 0.15) is 20.3 Å². The van der Waals surface area contributed by atoms with Crippen molar-refractivity contribution in [2.45, 2.75) is 25.8 Å². The molecule has 0 aliphatic heterocycles. The van der Waals surface area contributed by atoms with E-state index in [-0.39, 0.29) is 18.8 Å². The largest absolute Gasteiger partial charge is 0.394 e. The van der Waals surface area contributed by atoms with E-state index in [4.69, 9.17) is 5.11 Å². The average molecular weight is 146 g/mol. The smallest absolute Gasteiger partial charge is 0.0834 e. The molecule has 3 heteroatoms.